The lowest BCUT2D eigenvalue weighted by Crippen LogP contribution is -2.24. The minimum absolute atomic E-state index is 0.0474. The Morgan fingerprint density at radius 1 is 1.40 bits per heavy atom. The Morgan fingerprint density at radius 2 is 2.13 bits per heavy atom. The number of rotatable bonds is 3. The summed E-state index contributed by atoms with van der Waals surface area (Å²) in [6.45, 7) is 2.87. The van der Waals surface area contributed by atoms with Gasteiger partial charge in [-0.15, -0.1) is 0 Å². The Morgan fingerprint density at radius 3 is 2.87 bits per heavy atom. The van der Waals surface area contributed by atoms with Crippen molar-refractivity contribution in [3.05, 3.63) is 35.5 Å². The number of aryl methyl sites for hydroxylation is 1. The van der Waals surface area contributed by atoms with Gasteiger partial charge < -0.3 is 16.0 Å². The van der Waals surface area contributed by atoms with Crippen LogP contribution >= 0.6 is 0 Å². The second-order valence-electron chi connectivity index (χ2n) is 3.87. The van der Waals surface area contributed by atoms with Crippen molar-refractivity contribution < 1.29 is 0 Å². The van der Waals surface area contributed by atoms with Crippen LogP contribution in [0.15, 0.2) is 24.3 Å². The second-order valence-corrected chi connectivity index (χ2v) is 3.87. The quantitative estimate of drug-likeness (QED) is 0.711. The molecule has 1 unspecified atom stereocenters. The standard InChI is InChI=1S/C12H17N3/c1-8-12(10(13)7-14-2)9-5-3-4-6-11(9)15-8/h3-6,10,14-15H,7,13H2,1-2H3. The number of benzene rings is 1. The molecule has 1 aromatic carbocycles. The van der Waals surface area contributed by atoms with Crippen LogP contribution < -0.4 is 11.1 Å². The normalized spacial score (nSPS) is 13.3. The molecule has 1 heterocycles. The molecule has 3 heteroatoms. The number of H-pyrrole nitrogens is 1. The van der Waals surface area contributed by atoms with Crippen LogP contribution in [0.25, 0.3) is 10.9 Å². The summed E-state index contributed by atoms with van der Waals surface area (Å²) < 4.78 is 0. The third kappa shape index (κ3) is 1.76. The van der Waals surface area contributed by atoms with Crippen molar-refractivity contribution in [1.82, 2.24) is 10.3 Å². The van der Waals surface area contributed by atoms with E-state index >= 15 is 0 Å². The molecule has 1 atom stereocenters. The maximum absolute atomic E-state index is 6.13. The first-order valence-corrected chi connectivity index (χ1v) is 5.21. The molecule has 0 saturated carbocycles. The van der Waals surface area contributed by atoms with E-state index in [1.54, 1.807) is 0 Å². The monoisotopic (exact) mass is 203 g/mol. The van der Waals surface area contributed by atoms with Crippen LogP contribution in [0, 0.1) is 6.92 Å². The topological polar surface area (TPSA) is 53.8 Å². The lowest BCUT2D eigenvalue weighted by Gasteiger charge is -2.11. The number of aromatic amines is 1. The molecule has 0 amide bonds. The number of hydrogen-bond acceptors (Lipinski definition) is 2. The van der Waals surface area contributed by atoms with E-state index < -0.39 is 0 Å². The van der Waals surface area contributed by atoms with Crippen molar-refractivity contribution >= 4 is 10.9 Å². The van der Waals surface area contributed by atoms with Crippen LogP contribution in [0.2, 0.25) is 0 Å². The van der Waals surface area contributed by atoms with Gasteiger partial charge in [0.25, 0.3) is 0 Å². The van der Waals surface area contributed by atoms with Crippen molar-refractivity contribution in [1.29, 1.82) is 0 Å². The lowest BCUT2D eigenvalue weighted by atomic mass is 10.0. The van der Waals surface area contributed by atoms with Crippen LogP contribution in [0.3, 0.4) is 0 Å². The zero-order valence-corrected chi connectivity index (χ0v) is 9.17. The molecule has 0 aliphatic rings. The number of para-hydroxylation sites is 1. The third-order valence-electron chi connectivity index (χ3n) is 2.74. The van der Waals surface area contributed by atoms with Gasteiger partial charge in [-0.2, -0.15) is 0 Å². The van der Waals surface area contributed by atoms with E-state index in [0.29, 0.717) is 0 Å². The molecular weight excluding hydrogens is 186 g/mol. The molecule has 1 aromatic heterocycles. The van der Waals surface area contributed by atoms with Gasteiger partial charge in [0, 0.05) is 29.2 Å². The van der Waals surface area contributed by atoms with Crippen molar-refractivity contribution in [2.75, 3.05) is 13.6 Å². The smallest absolute Gasteiger partial charge is 0.0459 e. The second kappa shape index (κ2) is 4.04. The van der Waals surface area contributed by atoms with E-state index in [-0.39, 0.29) is 6.04 Å². The van der Waals surface area contributed by atoms with Gasteiger partial charge in [-0.05, 0) is 25.6 Å². The first-order valence-electron chi connectivity index (χ1n) is 5.21. The Labute approximate surface area is 89.7 Å². The molecule has 2 aromatic rings. The summed E-state index contributed by atoms with van der Waals surface area (Å²) in [6, 6.07) is 8.32. The van der Waals surface area contributed by atoms with Gasteiger partial charge >= 0.3 is 0 Å². The van der Waals surface area contributed by atoms with Gasteiger partial charge in [0.1, 0.15) is 0 Å². The van der Waals surface area contributed by atoms with Gasteiger partial charge in [-0.3, -0.25) is 0 Å². The van der Waals surface area contributed by atoms with E-state index in [4.69, 9.17) is 5.73 Å². The highest BCUT2D eigenvalue weighted by molar-refractivity contribution is 5.85. The van der Waals surface area contributed by atoms with Gasteiger partial charge in [-0.1, -0.05) is 18.2 Å². The molecule has 3 nitrogen and oxygen atoms in total. The minimum atomic E-state index is 0.0474. The van der Waals surface area contributed by atoms with Crippen LogP contribution in [0.4, 0.5) is 0 Å². The first kappa shape index (κ1) is 10.2. The maximum Gasteiger partial charge on any atom is 0.0459 e. The molecule has 4 N–H and O–H groups in total. The number of nitrogens with one attached hydrogen (secondary N) is 2. The van der Waals surface area contributed by atoms with E-state index in [2.05, 4.69) is 29.4 Å². The molecule has 0 saturated heterocycles. The van der Waals surface area contributed by atoms with Gasteiger partial charge in [0.2, 0.25) is 0 Å². The number of aromatic nitrogens is 1. The summed E-state index contributed by atoms with van der Waals surface area (Å²) in [6.07, 6.45) is 0. The predicted octanol–water partition coefficient (Wildman–Crippen LogP) is 1.70. The predicted molar refractivity (Wildman–Crippen MR) is 63.9 cm³/mol. The van der Waals surface area contributed by atoms with Crippen LogP contribution in [-0.4, -0.2) is 18.6 Å². The Bertz CT molecular complexity index is 459. The number of hydrogen-bond donors (Lipinski definition) is 3. The Balaban J connectivity index is 2.53. The molecular formula is C12H17N3. The Kier molecular flexibility index (Phi) is 2.75. The van der Waals surface area contributed by atoms with E-state index in [1.807, 2.05) is 19.2 Å². The van der Waals surface area contributed by atoms with Crippen LogP contribution in [-0.2, 0) is 0 Å². The van der Waals surface area contributed by atoms with Crippen molar-refractivity contribution in [3.8, 4) is 0 Å². The van der Waals surface area contributed by atoms with E-state index in [9.17, 15) is 0 Å². The molecule has 0 aliphatic carbocycles. The van der Waals surface area contributed by atoms with Crippen LogP contribution in [0.1, 0.15) is 17.3 Å². The number of nitrogens with two attached hydrogens (primary N) is 1. The van der Waals surface area contributed by atoms with Crippen molar-refractivity contribution in [3.63, 3.8) is 0 Å². The average molecular weight is 203 g/mol. The number of likely N-dealkylation sites (N-methyl/N-ethyl adjacent to an activating group) is 1. The fourth-order valence-electron chi connectivity index (χ4n) is 2.10. The molecule has 0 fully saturated rings. The Hall–Kier alpha value is -1.32. The maximum atomic E-state index is 6.13. The fraction of sp³-hybridized carbons (Fsp3) is 0.333. The lowest BCUT2D eigenvalue weighted by molar-refractivity contribution is 0.653. The highest BCUT2D eigenvalue weighted by Crippen LogP contribution is 2.25. The zero-order valence-electron chi connectivity index (χ0n) is 9.17. The molecule has 0 radical (unpaired) electrons. The summed E-state index contributed by atoms with van der Waals surface area (Å²) in [5.74, 6) is 0. The van der Waals surface area contributed by atoms with Gasteiger partial charge in [0.15, 0.2) is 0 Å². The van der Waals surface area contributed by atoms with E-state index in [1.165, 1.54) is 16.6 Å². The largest absolute Gasteiger partial charge is 0.358 e. The zero-order chi connectivity index (χ0) is 10.8. The van der Waals surface area contributed by atoms with Gasteiger partial charge in [0.05, 0.1) is 0 Å². The molecule has 2 rings (SSSR count). The summed E-state index contributed by atoms with van der Waals surface area (Å²) in [5.41, 5.74) is 9.69. The summed E-state index contributed by atoms with van der Waals surface area (Å²) >= 11 is 0. The summed E-state index contributed by atoms with van der Waals surface area (Å²) in [7, 11) is 1.92. The van der Waals surface area contributed by atoms with Crippen molar-refractivity contribution in [2.24, 2.45) is 5.73 Å². The minimum Gasteiger partial charge on any atom is -0.358 e. The summed E-state index contributed by atoms with van der Waals surface area (Å²) in [5, 5.41) is 4.34. The van der Waals surface area contributed by atoms with Crippen molar-refractivity contribution in [2.45, 2.75) is 13.0 Å². The highest BCUT2D eigenvalue weighted by Gasteiger charge is 2.13. The first-order chi connectivity index (χ1) is 7.24. The molecule has 0 spiro atoms. The number of fused-ring (bicyclic) bond motifs is 1. The molecule has 80 valence electrons. The van der Waals surface area contributed by atoms with Crippen LogP contribution in [0.5, 0.6) is 0 Å². The highest BCUT2D eigenvalue weighted by atomic mass is 14.9. The third-order valence-corrected chi connectivity index (χ3v) is 2.74. The van der Waals surface area contributed by atoms with Gasteiger partial charge in [-0.25, -0.2) is 0 Å². The molecule has 15 heavy (non-hydrogen) atoms. The molecule has 0 aliphatic heterocycles. The fourth-order valence-corrected chi connectivity index (χ4v) is 2.10. The SMILES string of the molecule is CNCC(N)c1c(C)[nH]c2ccccc12. The summed E-state index contributed by atoms with van der Waals surface area (Å²) in [4.78, 5) is 3.36. The molecule has 0 bridgehead atoms. The van der Waals surface area contributed by atoms with E-state index in [0.717, 1.165) is 12.1 Å². The average Bonchev–Trinajstić information content (AvgIpc) is 2.54.